The number of aromatic nitrogens is 1. The molecule has 3 nitrogen and oxygen atoms in total. The third-order valence-electron chi connectivity index (χ3n) is 3.96. The van der Waals surface area contributed by atoms with Crippen molar-refractivity contribution in [2.45, 2.75) is 45.3 Å². The lowest BCUT2D eigenvalue weighted by molar-refractivity contribution is 0.281. The van der Waals surface area contributed by atoms with E-state index < -0.39 is 0 Å². The molecule has 1 fully saturated rings. The zero-order valence-electron chi connectivity index (χ0n) is 12.0. The summed E-state index contributed by atoms with van der Waals surface area (Å²) in [5.74, 6) is 0.988. The van der Waals surface area contributed by atoms with Crippen LogP contribution < -0.4 is 4.90 Å². The first-order valence-corrected chi connectivity index (χ1v) is 7.59. The summed E-state index contributed by atoms with van der Waals surface area (Å²) in [6.07, 6.45) is 4.87. The number of fused-ring (bicyclic) bond motifs is 1. The van der Waals surface area contributed by atoms with Crippen LogP contribution in [0.25, 0.3) is 10.9 Å². The van der Waals surface area contributed by atoms with Gasteiger partial charge in [0, 0.05) is 23.5 Å². The van der Waals surface area contributed by atoms with Gasteiger partial charge in [0.2, 0.25) is 0 Å². The van der Waals surface area contributed by atoms with Crippen LogP contribution in [0.4, 0.5) is 5.82 Å². The predicted octanol–water partition coefficient (Wildman–Crippen LogP) is 3.50. The highest BCUT2D eigenvalue weighted by Crippen LogP contribution is 2.34. The van der Waals surface area contributed by atoms with Gasteiger partial charge in [-0.1, -0.05) is 31.5 Å². The van der Waals surface area contributed by atoms with Crippen LogP contribution in [0.1, 0.15) is 38.2 Å². The number of pyridine rings is 1. The lowest BCUT2D eigenvalue weighted by atomic mass is 10.1. The minimum absolute atomic E-state index is 0.0580. The quantitative estimate of drug-likeness (QED) is 0.872. The molecule has 0 bridgehead atoms. The SMILES string of the molecule is CCCCN(c1nc2ccccc2cc1CO)C1CC1. The summed E-state index contributed by atoms with van der Waals surface area (Å²) >= 11 is 0. The summed E-state index contributed by atoms with van der Waals surface area (Å²) in [4.78, 5) is 7.23. The maximum absolute atomic E-state index is 9.69. The molecule has 20 heavy (non-hydrogen) atoms. The van der Waals surface area contributed by atoms with Crippen molar-refractivity contribution in [3.8, 4) is 0 Å². The molecule has 0 spiro atoms. The molecule has 0 radical (unpaired) electrons. The molecule has 1 heterocycles. The fourth-order valence-electron chi connectivity index (χ4n) is 2.69. The monoisotopic (exact) mass is 270 g/mol. The summed E-state index contributed by atoms with van der Waals surface area (Å²) in [5.41, 5.74) is 1.97. The zero-order chi connectivity index (χ0) is 13.9. The van der Waals surface area contributed by atoms with Gasteiger partial charge in [0.1, 0.15) is 5.82 Å². The Balaban J connectivity index is 2.02. The van der Waals surface area contributed by atoms with Crippen molar-refractivity contribution in [1.82, 2.24) is 4.98 Å². The van der Waals surface area contributed by atoms with Gasteiger partial charge >= 0.3 is 0 Å². The molecule has 1 saturated carbocycles. The van der Waals surface area contributed by atoms with Crippen LogP contribution in [-0.2, 0) is 6.61 Å². The van der Waals surface area contributed by atoms with E-state index in [0.29, 0.717) is 6.04 Å². The number of anilines is 1. The van der Waals surface area contributed by atoms with E-state index in [1.54, 1.807) is 0 Å². The first-order valence-electron chi connectivity index (χ1n) is 7.59. The molecule has 0 amide bonds. The van der Waals surface area contributed by atoms with Crippen molar-refractivity contribution >= 4 is 16.7 Å². The molecule has 1 aliphatic carbocycles. The highest BCUT2D eigenvalue weighted by Gasteiger charge is 2.30. The van der Waals surface area contributed by atoms with E-state index >= 15 is 0 Å². The normalized spacial score (nSPS) is 14.7. The van der Waals surface area contributed by atoms with Crippen molar-refractivity contribution in [2.24, 2.45) is 0 Å². The molecule has 0 atom stereocenters. The Morgan fingerprint density at radius 3 is 2.80 bits per heavy atom. The number of benzene rings is 1. The summed E-state index contributed by atoms with van der Waals surface area (Å²) in [6, 6.07) is 10.8. The van der Waals surface area contributed by atoms with Crippen LogP contribution in [0.5, 0.6) is 0 Å². The lowest BCUT2D eigenvalue weighted by Crippen LogP contribution is -2.28. The van der Waals surface area contributed by atoms with Gasteiger partial charge in [-0.3, -0.25) is 0 Å². The first kappa shape index (κ1) is 13.4. The van der Waals surface area contributed by atoms with Crippen molar-refractivity contribution < 1.29 is 5.11 Å². The summed E-state index contributed by atoms with van der Waals surface area (Å²) in [5, 5.41) is 10.8. The Morgan fingerprint density at radius 2 is 2.10 bits per heavy atom. The Hall–Kier alpha value is -1.61. The molecule has 2 aromatic rings. The Kier molecular flexibility index (Phi) is 3.88. The second-order valence-corrected chi connectivity index (χ2v) is 5.60. The Labute approximate surface area is 120 Å². The van der Waals surface area contributed by atoms with Crippen molar-refractivity contribution in [1.29, 1.82) is 0 Å². The Morgan fingerprint density at radius 1 is 1.30 bits per heavy atom. The molecule has 3 rings (SSSR count). The fourth-order valence-corrected chi connectivity index (χ4v) is 2.69. The fraction of sp³-hybridized carbons (Fsp3) is 0.471. The van der Waals surface area contributed by atoms with E-state index in [4.69, 9.17) is 4.98 Å². The van der Waals surface area contributed by atoms with Gasteiger partial charge < -0.3 is 10.0 Å². The van der Waals surface area contributed by atoms with Gasteiger partial charge in [0.15, 0.2) is 0 Å². The molecule has 1 aromatic carbocycles. The topological polar surface area (TPSA) is 36.4 Å². The van der Waals surface area contributed by atoms with Crippen LogP contribution in [-0.4, -0.2) is 22.7 Å². The first-order chi connectivity index (χ1) is 9.83. The van der Waals surface area contributed by atoms with E-state index in [1.807, 2.05) is 18.2 Å². The van der Waals surface area contributed by atoms with Gasteiger partial charge in [-0.15, -0.1) is 0 Å². The van der Waals surface area contributed by atoms with E-state index in [2.05, 4.69) is 24.0 Å². The number of hydrogen-bond acceptors (Lipinski definition) is 3. The number of unbranched alkanes of at least 4 members (excludes halogenated alkanes) is 1. The van der Waals surface area contributed by atoms with Crippen LogP contribution in [0.15, 0.2) is 30.3 Å². The van der Waals surface area contributed by atoms with E-state index in [-0.39, 0.29) is 6.61 Å². The molecule has 0 saturated heterocycles. The predicted molar refractivity (Wildman–Crippen MR) is 82.9 cm³/mol. The van der Waals surface area contributed by atoms with E-state index in [9.17, 15) is 5.11 Å². The number of aliphatic hydroxyl groups is 1. The van der Waals surface area contributed by atoms with Gasteiger partial charge in [0.25, 0.3) is 0 Å². The molecule has 106 valence electrons. The Bertz CT molecular complexity index is 593. The standard InChI is InChI=1S/C17H22N2O/c1-2-3-10-19(15-8-9-15)17-14(12-20)11-13-6-4-5-7-16(13)18-17/h4-7,11,15,20H,2-3,8-10,12H2,1H3. The van der Waals surface area contributed by atoms with Gasteiger partial charge in [-0.05, 0) is 31.4 Å². The molecule has 3 heteroatoms. The third-order valence-corrected chi connectivity index (χ3v) is 3.96. The van der Waals surface area contributed by atoms with Gasteiger partial charge in [-0.25, -0.2) is 4.98 Å². The van der Waals surface area contributed by atoms with Crippen molar-refractivity contribution in [3.63, 3.8) is 0 Å². The number of nitrogens with zero attached hydrogens (tertiary/aromatic N) is 2. The summed E-state index contributed by atoms with van der Waals surface area (Å²) in [7, 11) is 0. The van der Waals surface area contributed by atoms with E-state index in [0.717, 1.165) is 28.8 Å². The third kappa shape index (κ3) is 2.63. The summed E-state index contributed by atoms with van der Waals surface area (Å²) in [6.45, 7) is 3.31. The highest BCUT2D eigenvalue weighted by molar-refractivity contribution is 5.81. The van der Waals surface area contributed by atoms with Gasteiger partial charge in [-0.2, -0.15) is 0 Å². The minimum Gasteiger partial charge on any atom is -0.392 e. The molecule has 1 aliphatic rings. The highest BCUT2D eigenvalue weighted by atomic mass is 16.3. The average molecular weight is 270 g/mol. The van der Waals surface area contributed by atoms with Crippen LogP contribution in [0, 0.1) is 0 Å². The summed E-state index contributed by atoms with van der Waals surface area (Å²) < 4.78 is 0. The average Bonchev–Trinajstić information content (AvgIpc) is 3.31. The lowest BCUT2D eigenvalue weighted by Gasteiger charge is -2.26. The number of para-hydroxylation sites is 1. The molecule has 1 aromatic heterocycles. The smallest absolute Gasteiger partial charge is 0.135 e. The zero-order valence-corrected chi connectivity index (χ0v) is 12.0. The molecular formula is C17H22N2O. The molecular weight excluding hydrogens is 248 g/mol. The largest absolute Gasteiger partial charge is 0.392 e. The number of aliphatic hydroxyl groups excluding tert-OH is 1. The number of rotatable bonds is 6. The molecule has 0 unspecified atom stereocenters. The maximum atomic E-state index is 9.69. The van der Waals surface area contributed by atoms with Crippen molar-refractivity contribution in [2.75, 3.05) is 11.4 Å². The minimum atomic E-state index is 0.0580. The van der Waals surface area contributed by atoms with Crippen LogP contribution >= 0.6 is 0 Å². The van der Waals surface area contributed by atoms with Crippen molar-refractivity contribution in [3.05, 3.63) is 35.9 Å². The molecule has 0 aliphatic heterocycles. The van der Waals surface area contributed by atoms with Crippen LogP contribution in [0.3, 0.4) is 0 Å². The second kappa shape index (κ2) is 5.80. The molecule has 1 N–H and O–H groups in total. The van der Waals surface area contributed by atoms with Crippen LogP contribution in [0.2, 0.25) is 0 Å². The van der Waals surface area contributed by atoms with E-state index in [1.165, 1.54) is 25.7 Å². The second-order valence-electron chi connectivity index (χ2n) is 5.60. The maximum Gasteiger partial charge on any atom is 0.135 e. The number of hydrogen-bond donors (Lipinski definition) is 1. The van der Waals surface area contributed by atoms with Gasteiger partial charge in [0.05, 0.1) is 12.1 Å².